The van der Waals surface area contributed by atoms with Crippen LogP contribution in [0.4, 0.5) is 4.79 Å². The number of rotatable bonds is 3. The second kappa shape index (κ2) is 6.47. The Labute approximate surface area is 140 Å². The van der Waals surface area contributed by atoms with Gasteiger partial charge in [-0.25, -0.2) is 9.78 Å². The number of nitrogens with zero attached hydrogens (tertiary/aromatic N) is 2. The van der Waals surface area contributed by atoms with Crippen LogP contribution in [0.2, 0.25) is 0 Å². The number of carbonyl (C=O) groups is 2. The van der Waals surface area contributed by atoms with E-state index < -0.39 is 5.41 Å². The number of fused-ring (bicyclic) bond motifs is 1. The zero-order valence-corrected chi connectivity index (χ0v) is 14.4. The van der Waals surface area contributed by atoms with Gasteiger partial charge in [0.25, 0.3) is 0 Å². The van der Waals surface area contributed by atoms with Crippen LogP contribution in [0.5, 0.6) is 0 Å². The number of thiazole rings is 1. The summed E-state index contributed by atoms with van der Waals surface area (Å²) in [5.74, 6) is 0.0510. The van der Waals surface area contributed by atoms with E-state index in [-0.39, 0.29) is 24.0 Å². The van der Waals surface area contributed by atoms with Crippen molar-refractivity contribution in [2.45, 2.75) is 38.6 Å². The minimum absolute atomic E-state index is 0.120. The average Bonchev–Trinajstić information content (AvgIpc) is 3.21. The lowest BCUT2D eigenvalue weighted by Gasteiger charge is -2.35. The number of carbonyl (C=O) groups excluding carboxylic acids is 2. The molecule has 1 saturated carbocycles. The zero-order chi connectivity index (χ0) is 16.4. The first-order valence-electron chi connectivity index (χ1n) is 8.10. The first kappa shape index (κ1) is 16.2. The quantitative estimate of drug-likeness (QED) is 0.861. The van der Waals surface area contributed by atoms with E-state index in [2.05, 4.69) is 10.3 Å². The smallest absolute Gasteiger partial charge is 0.317 e. The number of nitrogens with one attached hydrogen (secondary N) is 1. The fourth-order valence-electron chi connectivity index (χ4n) is 3.93. The highest BCUT2D eigenvalue weighted by Gasteiger charge is 2.54. The molecule has 23 heavy (non-hydrogen) atoms. The van der Waals surface area contributed by atoms with Gasteiger partial charge in [0, 0.05) is 24.7 Å². The molecule has 2 fully saturated rings. The first-order chi connectivity index (χ1) is 11.1. The van der Waals surface area contributed by atoms with Crippen molar-refractivity contribution in [2.24, 2.45) is 11.3 Å². The van der Waals surface area contributed by atoms with Crippen LogP contribution in [0, 0.1) is 11.3 Å². The molecule has 126 valence electrons. The number of hydrogen-bond acceptors (Lipinski definition) is 5. The van der Waals surface area contributed by atoms with Crippen LogP contribution in [0.15, 0.2) is 11.6 Å². The van der Waals surface area contributed by atoms with Gasteiger partial charge in [-0.05, 0) is 25.7 Å². The third-order valence-electron chi connectivity index (χ3n) is 5.16. The summed E-state index contributed by atoms with van der Waals surface area (Å²) in [5.41, 5.74) is -0.505. The molecule has 7 heteroatoms. The number of hydrogen-bond donors (Lipinski definition) is 1. The summed E-state index contributed by atoms with van der Waals surface area (Å²) in [4.78, 5) is 31.0. The summed E-state index contributed by atoms with van der Waals surface area (Å²) < 4.78 is 5.06. The molecule has 3 rings (SSSR count). The third-order valence-corrected chi connectivity index (χ3v) is 6.12. The van der Waals surface area contributed by atoms with Crippen LogP contribution in [0.25, 0.3) is 0 Å². The Hall–Kier alpha value is -1.63. The Kier molecular flexibility index (Phi) is 4.57. The zero-order valence-electron chi connectivity index (χ0n) is 13.6. The molecule has 0 aromatic carbocycles. The molecule has 1 N–H and O–H groups in total. The van der Waals surface area contributed by atoms with Crippen LogP contribution in [-0.2, 0) is 9.53 Å². The Morgan fingerprint density at radius 2 is 2.35 bits per heavy atom. The van der Waals surface area contributed by atoms with Crippen molar-refractivity contribution in [2.75, 3.05) is 20.2 Å². The number of amides is 2. The van der Waals surface area contributed by atoms with Crippen LogP contribution in [-0.4, -0.2) is 42.1 Å². The molecular weight excluding hydrogens is 314 g/mol. The molecule has 1 saturated heterocycles. The van der Waals surface area contributed by atoms with Crippen LogP contribution in [0.3, 0.4) is 0 Å². The lowest BCUT2D eigenvalue weighted by molar-refractivity contribution is -0.156. The van der Waals surface area contributed by atoms with Crippen molar-refractivity contribution in [3.05, 3.63) is 16.6 Å². The van der Waals surface area contributed by atoms with Gasteiger partial charge in [-0.15, -0.1) is 11.3 Å². The van der Waals surface area contributed by atoms with Crippen LogP contribution < -0.4 is 5.32 Å². The summed E-state index contributed by atoms with van der Waals surface area (Å²) in [6.07, 6.45) is 5.68. The Bertz CT molecular complexity index is 577. The molecule has 6 nitrogen and oxygen atoms in total. The van der Waals surface area contributed by atoms with Crippen molar-refractivity contribution in [3.63, 3.8) is 0 Å². The second-order valence-corrected chi connectivity index (χ2v) is 7.44. The summed E-state index contributed by atoms with van der Waals surface area (Å²) in [6.45, 7) is 3.02. The number of aromatic nitrogens is 1. The highest BCUT2D eigenvalue weighted by molar-refractivity contribution is 7.09. The number of ether oxygens (including phenoxy) is 1. The summed E-state index contributed by atoms with van der Waals surface area (Å²) in [7, 11) is 1.44. The van der Waals surface area contributed by atoms with E-state index in [9.17, 15) is 9.59 Å². The molecule has 1 aromatic heterocycles. The fourth-order valence-corrected chi connectivity index (χ4v) is 4.58. The molecule has 2 heterocycles. The highest BCUT2D eigenvalue weighted by atomic mass is 32.1. The third kappa shape index (κ3) is 2.94. The summed E-state index contributed by atoms with van der Waals surface area (Å²) in [5, 5.41) is 5.78. The van der Waals surface area contributed by atoms with E-state index in [4.69, 9.17) is 4.74 Å². The molecule has 0 radical (unpaired) electrons. The molecule has 2 aliphatic rings. The fraction of sp³-hybridized carbons (Fsp3) is 0.688. The lowest BCUT2D eigenvalue weighted by atomic mass is 9.68. The summed E-state index contributed by atoms with van der Waals surface area (Å²) >= 11 is 1.52. The van der Waals surface area contributed by atoms with E-state index in [1.165, 1.54) is 18.4 Å². The normalized spacial score (nSPS) is 28.1. The molecule has 0 bridgehead atoms. The minimum Gasteiger partial charge on any atom is -0.469 e. The molecular formula is C16H23N3O3S. The monoisotopic (exact) mass is 337 g/mol. The first-order valence-corrected chi connectivity index (χ1v) is 8.98. The van der Waals surface area contributed by atoms with E-state index in [1.54, 1.807) is 11.1 Å². The van der Waals surface area contributed by atoms with E-state index in [1.807, 2.05) is 12.3 Å². The molecule has 0 spiro atoms. The van der Waals surface area contributed by atoms with Gasteiger partial charge in [0.15, 0.2) is 0 Å². The number of methoxy groups -OCH3 is 1. The SMILES string of the molecule is COC(=O)[C@@]12CCCC[C@@H]1CN(C(=O)NC(C)c1nccs1)C2. The van der Waals surface area contributed by atoms with Crippen LogP contribution in [0.1, 0.15) is 43.7 Å². The minimum atomic E-state index is -0.505. The summed E-state index contributed by atoms with van der Waals surface area (Å²) in [6, 6.07) is -0.246. The largest absolute Gasteiger partial charge is 0.469 e. The van der Waals surface area contributed by atoms with Gasteiger partial charge in [-0.1, -0.05) is 12.8 Å². The molecule has 3 atom stereocenters. The van der Waals surface area contributed by atoms with Crippen molar-refractivity contribution in [1.29, 1.82) is 0 Å². The van der Waals surface area contributed by atoms with Gasteiger partial charge in [-0.3, -0.25) is 4.79 Å². The van der Waals surface area contributed by atoms with E-state index in [0.717, 1.165) is 30.7 Å². The number of urea groups is 1. The second-order valence-electron chi connectivity index (χ2n) is 6.51. The van der Waals surface area contributed by atoms with Crippen LogP contribution >= 0.6 is 11.3 Å². The van der Waals surface area contributed by atoms with Gasteiger partial charge in [0.05, 0.1) is 18.6 Å². The molecule has 1 aliphatic heterocycles. The van der Waals surface area contributed by atoms with Gasteiger partial charge >= 0.3 is 12.0 Å². The Morgan fingerprint density at radius 3 is 3.04 bits per heavy atom. The van der Waals surface area contributed by atoms with Gasteiger partial charge in [0.1, 0.15) is 5.01 Å². The van der Waals surface area contributed by atoms with E-state index in [0.29, 0.717) is 13.1 Å². The van der Waals surface area contributed by atoms with Gasteiger partial charge in [-0.2, -0.15) is 0 Å². The predicted molar refractivity (Wildman–Crippen MR) is 87.0 cm³/mol. The van der Waals surface area contributed by atoms with Crippen molar-refractivity contribution < 1.29 is 14.3 Å². The molecule has 1 aromatic rings. The molecule has 1 unspecified atom stereocenters. The predicted octanol–water partition coefficient (Wildman–Crippen LogP) is 2.58. The van der Waals surface area contributed by atoms with E-state index >= 15 is 0 Å². The lowest BCUT2D eigenvalue weighted by Crippen LogP contribution is -2.44. The Balaban J connectivity index is 1.69. The number of esters is 1. The maximum Gasteiger partial charge on any atom is 0.317 e. The Morgan fingerprint density at radius 1 is 1.52 bits per heavy atom. The van der Waals surface area contributed by atoms with Gasteiger partial charge < -0.3 is 15.0 Å². The number of likely N-dealkylation sites (tertiary alicyclic amines) is 1. The molecule has 1 aliphatic carbocycles. The average molecular weight is 337 g/mol. The van der Waals surface area contributed by atoms with Crippen molar-refractivity contribution in [1.82, 2.24) is 15.2 Å². The molecule has 2 amide bonds. The van der Waals surface area contributed by atoms with Crippen molar-refractivity contribution >= 4 is 23.3 Å². The topological polar surface area (TPSA) is 71.5 Å². The highest BCUT2D eigenvalue weighted by Crippen LogP contribution is 2.47. The van der Waals surface area contributed by atoms with Crippen molar-refractivity contribution in [3.8, 4) is 0 Å². The maximum absolute atomic E-state index is 12.6. The maximum atomic E-state index is 12.6. The van der Waals surface area contributed by atoms with Gasteiger partial charge in [0.2, 0.25) is 0 Å². The standard InChI is InChI=1S/C16H23N3O3S/c1-11(13-17-7-8-23-13)18-15(21)19-9-12-5-3-4-6-16(12,10-19)14(20)22-2/h7-8,11-12H,3-6,9-10H2,1-2H3,(H,18,21)/t11?,12-,16-/m1/s1.